The highest BCUT2D eigenvalue weighted by Gasteiger charge is 2.08. The quantitative estimate of drug-likeness (QED) is 0.723. The molecule has 0 N–H and O–H groups in total. The van der Waals surface area contributed by atoms with Gasteiger partial charge < -0.3 is 4.90 Å². The lowest BCUT2D eigenvalue weighted by Gasteiger charge is -2.25. The van der Waals surface area contributed by atoms with Gasteiger partial charge in [0, 0.05) is 29.1 Å². The van der Waals surface area contributed by atoms with Gasteiger partial charge in [0.2, 0.25) is 0 Å². The van der Waals surface area contributed by atoms with Gasteiger partial charge in [-0.1, -0.05) is 34.5 Å². The maximum absolute atomic E-state index is 5.98. The zero-order valence-corrected chi connectivity index (χ0v) is 11.6. The van der Waals surface area contributed by atoms with Crippen molar-refractivity contribution < 1.29 is 0 Å². The van der Waals surface area contributed by atoms with Crippen LogP contribution in [0.25, 0.3) is 0 Å². The van der Waals surface area contributed by atoms with Crippen LogP contribution in [-0.4, -0.2) is 13.1 Å². The number of halogens is 2. The minimum atomic E-state index is 0.806. The molecule has 1 aromatic rings. The van der Waals surface area contributed by atoms with E-state index >= 15 is 0 Å². The summed E-state index contributed by atoms with van der Waals surface area (Å²) in [6, 6.07) is 6.10. The van der Waals surface area contributed by atoms with Gasteiger partial charge in [-0.15, -0.1) is 0 Å². The van der Waals surface area contributed by atoms with E-state index < -0.39 is 0 Å². The van der Waals surface area contributed by atoms with Crippen LogP contribution in [-0.2, 0) is 5.33 Å². The Morgan fingerprint density at radius 2 is 2.07 bits per heavy atom. The van der Waals surface area contributed by atoms with E-state index in [0.717, 1.165) is 29.9 Å². The summed E-state index contributed by atoms with van der Waals surface area (Å²) in [4.78, 5) is 2.38. The fourth-order valence-electron chi connectivity index (χ4n) is 1.69. The van der Waals surface area contributed by atoms with Crippen LogP contribution in [0.1, 0.15) is 25.8 Å². The Kier molecular flexibility index (Phi) is 5.48. The number of hydrogen-bond acceptors (Lipinski definition) is 1. The zero-order chi connectivity index (χ0) is 11.3. The van der Waals surface area contributed by atoms with E-state index in [1.54, 1.807) is 0 Å². The molecular formula is C12H17BrClN. The van der Waals surface area contributed by atoms with Gasteiger partial charge in [0.15, 0.2) is 0 Å². The average molecular weight is 291 g/mol. The second-order valence-electron chi connectivity index (χ2n) is 3.49. The Morgan fingerprint density at radius 3 is 2.60 bits per heavy atom. The number of benzene rings is 1. The Balaban J connectivity index is 2.99. The summed E-state index contributed by atoms with van der Waals surface area (Å²) in [5.74, 6) is 0. The maximum Gasteiger partial charge on any atom is 0.0410 e. The molecule has 0 atom stereocenters. The monoisotopic (exact) mass is 289 g/mol. The molecule has 0 spiro atoms. The molecule has 84 valence electrons. The third kappa shape index (κ3) is 3.39. The van der Waals surface area contributed by atoms with Gasteiger partial charge in [0.25, 0.3) is 0 Å². The maximum atomic E-state index is 5.98. The SMILES string of the molecule is CCCN(CC)c1ccc(Cl)cc1CBr. The molecule has 1 rings (SSSR count). The van der Waals surface area contributed by atoms with Gasteiger partial charge in [0.05, 0.1) is 0 Å². The first-order valence-electron chi connectivity index (χ1n) is 5.32. The van der Waals surface area contributed by atoms with Crippen LogP contribution in [0.5, 0.6) is 0 Å². The van der Waals surface area contributed by atoms with Gasteiger partial charge in [-0.05, 0) is 37.1 Å². The smallest absolute Gasteiger partial charge is 0.0410 e. The first-order valence-corrected chi connectivity index (χ1v) is 6.82. The van der Waals surface area contributed by atoms with Crippen molar-refractivity contribution in [3.05, 3.63) is 28.8 Å². The highest BCUT2D eigenvalue weighted by atomic mass is 79.9. The van der Waals surface area contributed by atoms with E-state index in [1.807, 2.05) is 12.1 Å². The fourth-order valence-corrected chi connectivity index (χ4v) is 2.33. The van der Waals surface area contributed by atoms with Crippen molar-refractivity contribution >= 4 is 33.2 Å². The molecule has 0 radical (unpaired) electrons. The van der Waals surface area contributed by atoms with Crippen molar-refractivity contribution in [3.63, 3.8) is 0 Å². The third-order valence-corrected chi connectivity index (χ3v) is 3.24. The van der Waals surface area contributed by atoms with Crippen molar-refractivity contribution in [3.8, 4) is 0 Å². The van der Waals surface area contributed by atoms with Gasteiger partial charge in [0.1, 0.15) is 0 Å². The molecule has 3 heteroatoms. The summed E-state index contributed by atoms with van der Waals surface area (Å²) < 4.78 is 0. The Hall–Kier alpha value is -0.210. The molecule has 0 saturated carbocycles. The molecule has 0 aliphatic heterocycles. The van der Waals surface area contributed by atoms with Gasteiger partial charge >= 0.3 is 0 Å². The summed E-state index contributed by atoms with van der Waals surface area (Å²) in [6.07, 6.45) is 1.16. The van der Waals surface area contributed by atoms with E-state index in [1.165, 1.54) is 11.3 Å². The molecule has 15 heavy (non-hydrogen) atoms. The van der Waals surface area contributed by atoms with Crippen LogP contribution in [0, 0.1) is 0 Å². The predicted octanol–water partition coefficient (Wildman–Crippen LogP) is 4.47. The standard InChI is InChI=1S/C12H17BrClN/c1-3-7-15(4-2)12-6-5-11(14)8-10(12)9-13/h5-6,8H,3-4,7,9H2,1-2H3. The predicted molar refractivity (Wildman–Crippen MR) is 72.3 cm³/mol. The molecule has 0 saturated heterocycles. The zero-order valence-electron chi connectivity index (χ0n) is 9.26. The highest BCUT2D eigenvalue weighted by Crippen LogP contribution is 2.26. The molecule has 0 bridgehead atoms. The summed E-state index contributed by atoms with van der Waals surface area (Å²) >= 11 is 9.49. The van der Waals surface area contributed by atoms with Crippen molar-refractivity contribution in [1.82, 2.24) is 0 Å². The van der Waals surface area contributed by atoms with Crippen LogP contribution < -0.4 is 4.90 Å². The summed E-state index contributed by atoms with van der Waals surface area (Å²) in [6.45, 7) is 6.52. The van der Waals surface area contributed by atoms with Crippen LogP contribution in [0.4, 0.5) is 5.69 Å². The summed E-state index contributed by atoms with van der Waals surface area (Å²) in [5.41, 5.74) is 2.55. The number of anilines is 1. The van der Waals surface area contributed by atoms with Crippen LogP contribution >= 0.6 is 27.5 Å². The first-order chi connectivity index (χ1) is 7.22. The molecule has 0 aromatic heterocycles. The first kappa shape index (κ1) is 12.9. The Labute approximate surface area is 106 Å². The number of rotatable bonds is 5. The van der Waals surface area contributed by atoms with Crippen LogP contribution in [0.15, 0.2) is 18.2 Å². The molecule has 0 aliphatic rings. The fraction of sp³-hybridized carbons (Fsp3) is 0.500. The number of alkyl halides is 1. The molecular weight excluding hydrogens is 273 g/mol. The van der Waals surface area contributed by atoms with E-state index in [0.29, 0.717) is 0 Å². The minimum Gasteiger partial charge on any atom is -0.372 e. The number of nitrogens with zero attached hydrogens (tertiary/aromatic N) is 1. The van der Waals surface area contributed by atoms with Crippen molar-refractivity contribution in [2.75, 3.05) is 18.0 Å². The molecule has 0 fully saturated rings. The van der Waals surface area contributed by atoms with Crippen molar-refractivity contribution in [1.29, 1.82) is 0 Å². The third-order valence-electron chi connectivity index (χ3n) is 2.40. The lowest BCUT2D eigenvalue weighted by molar-refractivity contribution is 0.789. The summed E-state index contributed by atoms with van der Waals surface area (Å²) in [5, 5.41) is 1.66. The van der Waals surface area contributed by atoms with E-state index in [2.05, 4.69) is 40.7 Å². The van der Waals surface area contributed by atoms with Crippen molar-refractivity contribution in [2.45, 2.75) is 25.6 Å². The molecule has 0 heterocycles. The van der Waals surface area contributed by atoms with Crippen molar-refractivity contribution in [2.24, 2.45) is 0 Å². The van der Waals surface area contributed by atoms with E-state index in [9.17, 15) is 0 Å². The largest absolute Gasteiger partial charge is 0.372 e. The van der Waals surface area contributed by atoms with E-state index in [-0.39, 0.29) is 0 Å². The van der Waals surface area contributed by atoms with Gasteiger partial charge in [-0.3, -0.25) is 0 Å². The molecule has 0 unspecified atom stereocenters. The lowest BCUT2D eigenvalue weighted by atomic mass is 10.1. The van der Waals surface area contributed by atoms with E-state index in [4.69, 9.17) is 11.6 Å². The highest BCUT2D eigenvalue weighted by molar-refractivity contribution is 9.08. The normalized spacial score (nSPS) is 10.4. The molecule has 1 nitrogen and oxygen atoms in total. The molecule has 0 amide bonds. The average Bonchev–Trinajstić information content (AvgIpc) is 2.26. The molecule has 0 aliphatic carbocycles. The lowest BCUT2D eigenvalue weighted by Crippen LogP contribution is -2.24. The van der Waals surface area contributed by atoms with Gasteiger partial charge in [-0.25, -0.2) is 0 Å². The topological polar surface area (TPSA) is 3.24 Å². The summed E-state index contributed by atoms with van der Waals surface area (Å²) in [7, 11) is 0. The Morgan fingerprint density at radius 1 is 1.33 bits per heavy atom. The minimum absolute atomic E-state index is 0.806. The van der Waals surface area contributed by atoms with Crippen LogP contribution in [0.3, 0.4) is 0 Å². The second kappa shape index (κ2) is 6.39. The van der Waals surface area contributed by atoms with Crippen LogP contribution in [0.2, 0.25) is 5.02 Å². The molecule has 1 aromatic carbocycles. The second-order valence-corrected chi connectivity index (χ2v) is 4.48. The Bertz CT molecular complexity index is 314. The number of hydrogen-bond donors (Lipinski definition) is 0. The van der Waals surface area contributed by atoms with Gasteiger partial charge in [-0.2, -0.15) is 0 Å².